The molecule has 0 aromatic heterocycles. The number of imide groups is 1. The lowest BCUT2D eigenvalue weighted by molar-refractivity contribution is -0.385. The highest BCUT2D eigenvalue weighted by molar-refractivity contribution is 6.26. The molecule has 4 atom stereocenters. The van der Waals surface area contributed by atoms with Gasteiger partial charge in [0.05, 0.1) is 28.0 Å². The van der Waals surface area contributed by atoms with Gasteiger partial charge in [-0.1, -0.05) is 31.2 Å². The number of aryl methyl sites for hydroxylation is 1. The number of nitro groups is 1. The Morgan fingerprint density at radius 1 is 1.15 bits per heavy atom. The zero-order chi connectivity index (χ0) is 23.9. The summed E-state index contributed by atoms with van der Waals surface area (Å²) in [5.41, 5.74) is 1.58. The zero-order valence-corrected chi connectivity index (χ0v) is 18.9. The predicted molar refractivity (Wildman–Crippen MR) is 123 cm³/mol. The molecule has 0 unspecified atom stereocenters. The normalized spacial score (nSPS) is 29.5. The largest absolute Gasteiger partial charge is 0.324 e. The summed E-state index contributed by atoms with van der Waals surface area (Å²) in [7, 11) is 0. The standard InChI is InChI=1S/C25H24N4O5/c1-3-14-7-4-8-15-21(14)26-24(32)25(15)20-19(18-11-6-12-27(18)25)22(30)28(23(20)31)16-9-5-10-17(13(16)2)29(33)34/h4-5,7-10,18-20H,3,6,11-12H2,1-2H3,(H,26,32)/t18-,19-,20-,25-/m0/s1. The summed E-state index contributed by atoms with van der Waals surface area (Å²) in [4.78, 5) is 55.8. The Hall–Kier alpha value is -3.59. The second-order valence-corrected chi connectivity index (χ2v) is 9.51. The first-order valence-corrected chi connectivity index (χ1v) is 11.7. The van der Waals surface area contributed by atoms with Gasteiger partial charge >= 0.3 is 0 Å². The maximum Gasteiger partial charge on any atom is 0.274 e. The van der Waals surface area contributed by atoms with E-state index in [-0.39, 0.29) is 34.8 Å². The second kappa shape index (κ2) is 6.96. The molecule has 4 aliphatic heterocycles. The van der Waals surface area contributed by atoms with Gasteiger partial charge in [0.15, 0.2) is 0 Å². The number of fused-ring (bicyclic) bond motifs is 7. The fourth-order valence-corrected chi connectivity index (χ4v) is 6.87. The number of hydrogen-bond acceptors (Lipinski definition) is 6. The molecule has 0 aliphatic carbocycles. The molecule has 0 saturated carbocycles. The van der Waals surface area contributed by atoms with Crippen LogP contribution in [0.1, 0.15) is 36.5 Å². The van der Waals surface area contributed by atoms with Crippen LogP contribution >= 0.6 is 0 Å². The second-order valence-electron chi connectivity index (χ2n) is 9.51. The molecule has 3 fully saturated rings. The third-order valence-electron chi connectivity index (χ3n) is 8.21. The number of carbonyl (C=O) groups is 3. The van der Waals surface area contributed by atoms with E-state index in [4.69, 9.17) is 0 Å². The minimum Gasteiger partial charge on any atom is -0.324 e. The number of nitrogens with zero attached hydrogens (tertiary/aromatic N) is 3. The fraction of sp³-hybridized carbons (Fsp3) is 0.400. The van der Waals surface area contributed by atoms with Crippen LogP contribution in [-0.2, 0) is 26.3 Å². The minimum atomic E-state index is -1.25. The smallest absolute Gasteiger partial charge is 0.274 e. The lowest BCUT2D eigenvalue weighted by Crippen LogP contribution is -2.54. The Kier molecular flexibility index (Phi) is 4.29. The van der Waals surface area contributed by atoms with Crippen molar-refractivity contribution in [3.63, 3.8) is 0 Å². The van der Waals surface area contributed by atoms with Gasteiger partial charge < -0.3 is 5.32 Å². The average molecular weight is 460 g/mol. The quantitative estimate of drug-likeness (QED) is 0.428. The molecule has 6 rings (SSSR count). The van der Waals surface area contributed by atoms with Crippen molar-refractivity contribution in [1.29, 1.82) is 0 Å². The van der Waals surface area contributed by atoms with E-state index < -0.39 is 28.2 Å². The summed E-state index contributed by atoms with van der Waals surface area (Å²) < 4.78 is 0. The van der Waals surface area contributed by atoms with Gasteiger partial charge in [-0.25, -0.2) is 4.90 Å². The summed E-state index contributed by atoms with van der Waals surface area (Å²) in [6.07, 6.45) is 2.28. The van der Waals surface area contributed by atoms with Crippen LogP contribution in [0.2, 0.25) is 0 Å². The van der Waals surface area contributed by atoms with Crippen molar-refractivity contribution >= 4 is 34.8 Å². The summed E-state index contributed by atoms with van der Waals surface area (Å²) in [5.74, 6) is -2.65. The van der Waals surface area contributed by atoms with E-state index in [0.717, 1.165) is 41.0 Å². The molecule has 9 heteroatoms. The van der Waals surface area contributed by atoms with Gasteiger partial charge in [-0.3, -0.25) is 29.4 Å². The summed E-state index contributed by atoms with van der Waals surface area (Å²) in [5, 5.41) is 14.5. The number of carbonyl (C=O) groups excluding carboxylic acids is 3. The van der Waals surface area contributed by atoms with Crippen LogP contribution in [0.4, 0.5) is 17.1 Å². The third kappa shape index (κ3) is 2.30. The number of para-hydroxylation sites is 1. The minimum absolute atomic E-state index is 0.149. The van der Waals surface area contributed by atoms with Crippen LogP contribution in [-0.4, -0.2) is 40.1 Å². The average Bonchev–Trinajstić information content (AvgIpc) is 3.52. The molecule has 34 heavy (non-hydrogen) atoms. The van der Waals surface area contributed by atoms with Gasteiger partial charge in [-0.05, 0) is 44.4 Å². The predicted octanol–water partition coefficient (Wildman–Crippen LogP) is 2.90. The third-order valence-corrected chi connectivity index (χ3v) is 8.21. The Morgan fingerprint density at radius 2 is 1.91 bits per heavy atom. The van der Waals surface area contributed by atoms with Crippen molar-refractivity contribution in [3.05, 3.63) is 63.2 Å². The van der Waals surface area contributed by atoms with E-state index in [0.29, 0.717) is 6.54 Å². The number of benzene rings is 2. The van der Waals surface area contributed by atoms with Crippen molar-refractivity contribution in [1.82, 2.24) is 4.90 Å². The van der Waals surface area contributed by atoms with Gasteiger partial charge in [0, 0.05) is 23.4 Å². The Morgan fingerprint density at radius 3 is 2.65 bits per heavy atom. The summed E-state index contributed by atoms with van der Waals surface area (Å²) >= 11 is 0. The number of rotatable bonds is 3. The van der Waals surface area contributed by atoms with Crippen LogP contribution < -0.4 is 10.2 Å². The van der Waals surface area contributed by atoms with Gasteiger partial charge in [0.2, 0.25) is 17.7 Å². The maximum absolute atomic E-state index is 14.1. The van der Waals surface area contributed by atoms with E-state index in [1.165, 1.54) is 12.1 Å². The first-order chi connectivity index (χ1) is 16.3. The van der Waals surface area contributed by atoms with Crippen molar-refractivity contribution in [2.45, 2.75) is 44.7 Å². The van der Waals surface area contributed by atoms with Gasteiger partial charge in [0.25, 0.3) is 5.69 Å². The molecule has 0 radical (unpaired) electrons. The van der Waals surface area contributed by atoms with Crippen LogP contribution in [0.5, 0.6) is 0 Å². The molecule has 2 aromatic rings. The number of amides is 3. The van der Waals surface area contributed by atoms with Gasteiger partial charge in [-0.2, -0.15) is 0 Å². The van der Waals surface area contributed by atoms with E-state index in [1.54, 1.807) is 13.0 Å². The van der Waals surface area contributed by atoms with Crippen LogP contribution in [0, 0.1) is 28.9 Å². The van der Waals surface area contributed by atoms with E-state index >= 15 is 0 Å². The molecular weight excluding hydrogens is 436 g/mol. The molecule has 174 valence electrons. The first-order valence-electron chi connectivity index (χ1n) is 11.7. The summed E-state index contributed by atoms with van der Waals surface area (Å²) in [6, 6.07) is 9.94. The molecule has 3 saturated heterocycles. The van der Waals surface area contributed by atoms with Crippen molar-refractivity contribution in [3.8, 4) is 0 Å². The number of hydrogen-bond donors (Lipinski definition) is 1. The highest BCUT2D eigenvalue weighted by Crippen LogP contribution is 2.61. The molecule has 1 spiro atoms. The monoisotopic (exact) mass is 460 g/mol. The topological polar surface area (TPSA) is 113 Å². The molecule has 3 amide bonds. The maximum atomic E-state index is 14.1. The lowest BCUT2D eigenvalue weighted by Gasteiger charge is -2.36. The molecule has 1 N–H and O–H groups in total. The molecular formula is C25H24N4O5. The van der Waals surface area contributed by atoms with Gasteiger partial charge in [-0.15, -0.1) is 0 Å². The number of anilines is 2. The first kappa shape index (κ1) is 21.0. The van der Waals surface area contributed by atoms with Crippen LogP contribution in [0.15, 0.2) is 36.4 Å². The van der Waals surface area contributed by atoms with Crippen molar-refractivity contribution < 1.29 is 19.3 Å². The fourth-order valence-electron chi connectivity index (χ4n) is 6.87. The molecule has 2 aromatic carbocycles. The SMILES string of the molecule is CCc1cccc2c1NC(=O)[C@@]21[C@@H]2C(=O)N(c3cccc([N+](=O)[O-])c3C)C(=O)[C@H]2[C@@H]2CCCN21. The molecule has 4 aliphatic rings. The lowest BCUT2D eigenvalue weighted by atomic mass is 9.75. The van der Waals surface area contributed by atoms with E-state index in [1.807, 2.05) is 25.1 Å². The molecule has 4 heterocycles. The number of nitrogens with one attached hydrogen (secondary N) is 1. The Bertz CT molecular complexity index is 1310. The number of nitro benzene ring substituents is 1. The molecule has 9 nitrogen and oxygen atoms in total. The van der Waals surface area contributed by atoms with E-state index in [9.17, 15) is 24.5 Å². The Labute approximate surface area is 195 Å². The van der Waals surface area contributed by atoms with Crippen molar-refractivity contribution in [2.24, 2.45) is 11.8 Å². The van der Waals surface area contributed by atoms with Gasteiger partial charge in [0.1, 0.15) is 5.54 Å². The highest BCUT2D eigenvalue weighted by Gasteiger charge is 2.74. The Balaban J connectivity index is 1.56. The van der Waals surface area contributed by atoms with E-state index in [2.05, 4.69) is 10.2 Å². The van der Waals surface area contributed by atoms with Crippen LogP contribution in [0.3, 0.4) is 0 Å². The molecule has 0 bridgehead atoms. The van der Waals surface area contributed by atoms with Crippen molar-refractivity contribution in [2.75, 3.05) is 16.8 Å². The highest BCUT2D eigenvalue weighted by atomic mass is 16.6. The summed E-state index contributed by atoms with van der Waals surface area (Å²) in [6.45, 7) is 4.20. The van der Waals surface area contributed by atoms with Crippen LogP contribution in [0.25, 0.3) is 0 Å². The zero-order valence-electron chi connectivity index (χ0n) is 18.9.